The van der Waals surface area contributed by atoms with Gasteiger partial charge in [-0.15, -0.1) is 10.2 Å². The van der Waals surface area contributed by atoms with Crippen LogP contribution in [0.3, 0.4) is 0 Å². The molecule has 4 rings (SSSR count). The van der Waals surface area contributed by atoms with E-state index in [1.54, 1.807) is 24.5 Å². The van der Waals surface area contributed by atoms with Gasteiger partial charge in [-0.05, 0) is 42.8 Å². The molecule has 4 aromatic rings. The van der Waals surface area contributed by atoms with E-state index in [1.807, 2.05) is 48.9 Å². The number of nitrogens with zero attached hydrogens (tertiary/aromatic N) is 6. The third-order valence-corrected chi connectivity index (χ3v) is 4.89. The van der Waals surface area contributed by atoms with Gasteiger partial charge in [-0.2, -0.15) is 0 Å². The van der Waals surface area contributed by atoms with E-state index in [9.17, 15) is 4.79 Å². The summed E-state index contributed by atoms with van der Waals surface area (Å²) in [6, 6.07) is 13.0. The highest BCUT2D eigenvalue weighted by molar-refractivity contribution is 5.95. The molecule has 3 heterocycles. The summed E-state index contributed by atoms with van der Waals surface area (Å²) in [6.07, 6.45) is 4.87. The van der Waals surface area contributed by atoms with Gasteiger partial charge in [0, 0.05) is 30.7 Å². The van der Waals surface area contributed by atoms with Gasteiger partial charge >= 0.3 is 0 Å². The first-order valence-corrected chi connectivity index (χ1v) is 9.79. The zero-order valence-electron chi connectivity index (χ0n) is 17.3. The number of carbonyl (C=O) groups excluding carboxylic acids is 1. The Bertz CT molecular complexity index is 1190. The Labute approximate surface area is 179 Å². The van der Waals surface area contributed by atoms with Crippen LogP contribution in [0.25, 0.3) is 11.5 Å². The quantitative estimate of drug-likeness (QED) is 0.478. The van der Waals surface area contributed by atoms with Gasteiger partial charge in [0.1, 0.15) is 12.0 Å². The van der Waals surface area contributed by atoms with Crippen LogP contribution in [0.5, 0.6) is 0 Å². The Balaban J connectivity index is 1.39. The van der Waals surface area contributed by atoms with Crippen LogP contribution >= 0.6 is 0 Å². The maximum atomic E-state index is 12.6. The molecule has 2 N–H and O–H groups in total. The number of hydrogen-bond donors (Lipinski definition) is 2. The molecule has 0 radical (unpaired) electrons. The lowest BCUT2D eigenvalue weighted by molar-refractivity contribution is 0.0950. The van der Waals surface area contributed by atoms with Gasteiger partial charge in [0.2, 0.25) is 0 Å². The Kier molecular flexibility index (Phi) is 5.93. The minimum Gasteiger partial charge on any atom is -0.378 e. The van der Waals surface area contributed by atoms with Crippen LogP contribution in [0.15, 0.2) is 61.2 Å². The third kappa shape index (κ3) is 4.72. The lowest BCUT2D eigenvalue weighted by atomic mass is 10.1. The number of benzene rings is 1. The molecule has 0 fully saturated rings. The van der Waals surface area contributed by atoms with Crippen molar-refractivity contribution < 1.29 is 4.79 Å². The molecular weight excluding hydrogens is 392 g/mol. The van der Waals surface area contributed by atoms with E-state index >= 15 is 0 Å². The Morgan fingerprint density at radius 2 is 1.94 bits per heavy atom. The van der Waals surface area contributed by atoms with E-state index in [0.717, 1.165) is 22.8 Å². The second kappa shape index (κ2) is 9.12. The zero-order chi connectivity index (χ0) is 21.6. The number of aromatic nitrogens is 6. The first-order valence-electron chi connectivity index (χ1n) is 9.79. The maximum Gasteiger partial charge on any atom is 0.251 e. The summed E-state index contributed by atoms with van der Waals surface area (Å²) < 4.78 is 1.88. The predicted octanol–water partition coefficient (Wildman–Crippen LogP) is 2.52. The molecule has 1 aromatic carbocycles. The molecular formula is C22H22N8O. The van der Waals surface area contributed by atoms with Crippen LogP contribution in [-0.4, -0.2) is 35.6 Å². The predicted molar refractivity (Wildman–Crippen MR) is 116 cm³/mol. The molecule has 0 aliphatic rings. The molecule has 0 saturated heterocycles. The van der Waals surface area contributed by atoms with Gasteiger partial charge in [0.25, 0.3) is 5.91 Å². The van der Waals surface area contributed by atoms with Crippen LogP contribution in [-0.2, 0) is 20.1 Å². The van der Waals surface area contributed by atoms with Gasteiger partial charge in [0.05, 0.1) is 18.8 Å². The number of anilines is 1. The molecule has 1 amide bonds. The average molecular weight is 414 g/mol. The topological polar surface area (TPSA) is 111 Å². The number of amides is 1. The van der Waals surface area contributed by atoms with E-state index in [4.69, 9.17) is 0 Å². The average Bonchev–Trinajstić information content (AvgIpc) is 3.18. The first-order chi connectivity index (χ1) is 15.1. The second-order valence-electron chi connectivity index (χ2n) is 6.98. The van der Waals surface area contributed by atoms with Gasteiger partial charge in [-0.3, -0.25) is 9.78 Å². The fourth-order valence-corrected chi connectivity index (χ4v) is 3.08. The minimum absolute atomic E-state index is 0.154. The normalized spacial score (nSPS) is 10.6. The summed E-state index contributed by atoms with van der Waals surface area (Å²) in [4.78, 5) is 25.0. The summed E-state index contributed by atoms with van der Waals surface area (Å²) in [5.41, 5.74) is 3.99. The lowest BCUT2D eigenvalue weighted by Crippen LogP contribution is -2.23. The van der Waals surface area contributed by atoms with E-state index in [-0.39, 0.29) is 5.91 Å². The monoisotopic (exact) mass is 414 g/mol. The third-order valence-electron chi connectivity index (χ3n) is 4.89. The molecule has 0 bridgehead atoms. The van der Waals surface area contributed by atoms with Crippen LogP contribution in [0.4, 0.5) is 5.69 Å². The van der Waals surface area contributed by atoms with Crippen molar-refractivity contribution in [3.05, 3.63) is 83.8 Å². The van der Waals surface area contributed by atoms with Crippen molar-refractivity contribution in [2.45, 2.75) is 20.0 Å². The molecule has 0 aliphatic heterocycles. The SMILES string of the molecule is Cc1cccnc1CNC(=O)c1cccc(NCc2nnc(-c3ccncn3)n2C)c1. The summed E-state index contributed by atoms with van der Waals surface area (Å²) in [6.45, 7) is 2.81. The van der Waals surface area contributed by atoms with E-state index in [2.05, 4.69) is 35.8 Å². The smallest absolute Gasteiger partial charge is 0.251 e. The molecule has 0 unspecified atom stereocenters. The summed E-state index contributed by atoms with van der Waals surface area (Å²) in [5.74, 6) is 1.25. The van der Waals surface area contributed by atoms with Gasteiger partial charge in [-0.1, -0.05) is 12.1 Å². The van der Waals surface area contributed by atoms with Crippen molar-refractivity contribution in [2.24, 2.45) is 7.05 Å². The highest BCUT2D eigenvalue weighted by atomic mass is 16.1. The Morgan fingerprint density at radius 3 is 2.74 bits per heavy atom. The summed E-state index contributed by atoms with van der Waals surface area (Å²) in [7, 11) is 1.89. The number of carbonyl (C=O) groups is 1. The second-order valence-corrected chi connectivity index (χ2v) is 6.98. The zero-order valence-corrected chi connectivity index (χ0v) is 17.3. The molecule has 0 aliphatic carbocycles. The largest absolute Gasteiger partial charge is 0.378 e. The molecule has 0 saturated carbocycles. The molecule has 31 heavy (non-hydrogen) atoms. The molecule has 9 nitrogen and oxygen atoms in total. The lowest BCUT2D eigenvalue weighted by Gasteiger charge is -2.10. The number of pyridine rings is 1. The fraction of sp³-hybridized carbons (Fsp3) is 0.182. The van der Waals surface area contributed by atoms with Crippen LogP contribution in [0, 0.1) is 6.92 Å². The molecule has 9 heteroatoms. The van der Waals surface area contributed by atoms with Crippen LogP contribution in [0.2, 0.25) is 0 Å². The van der Waals surface area contributed by atoms with Crippen molar-refractivity contribution in [3.8, 4) is 11.5 Å². The van der Waals surface area contributed by atoms with Gasteiger partial charge in [0.15, 0.2) is 11.6 Å². The van der Waals surface area contributed by atoms with Crippen molar-refractivity contribution in [1.29, 1.82) is 0 Å². The Hall–Kier alpha value is -4.14. The number of hydrogen-bond acceptors (Lipinski definition) is 7. The number of rotatable bonds is 7. The molecule has 0 spiro atoms. The van der Waals surface area contributed by atoms with Gasteiger partial charge < -0.3 is 15.2 Å². The van der Waals surface area contributed by atoms with Crippen LogP contribution < -0.4 is 10.6 Å². The van der Waals surface area contributed by atoms with Gasteiger partial charge in [-0.25, -0.2) is 9.97 Å². The minimum atomic E-state index is -0.154. The standard InChI is InChI=1S/C22H22N8O/c1-15-5-4-9-24-19(15)12-26-22(31)16-6-3-7-17(11-16)25-13-20-28-29-21(30(20)2)18-8-10-23-14-27-18/h3-11,14,25H,12-13H2,1-2H3,(H,26,31). The first kappa shape index (κ1) is 20.1. The molecule has 3 aromatic heterocycles. The van der Waals surface area contributed by atoms with Crippen molar-refractivity contribution in [3.63, 3.8) is 0 Å². The van der Waals surface area contributed by atoms with Crippen molar-refractivity contribution in [2.75, 3.05) is 5.32 Å². The highest BCUT2D eigenvalue weighted by Gasteiger charge is 2.12. The number of aryl methyl sites for hydroxylation is 1. The van der Waals surface area contributed by atoms with Crippen molar-refractivity contribution in [1.82, 2.24) is 35.0 Å². The highest BCUT2D eigenvalue weighted by Crippen LogP contribution is 2.16. The van der Waals surface area contributed by atoms with Crippen molar-refractivity contribution >= 4 is 11.6 Å². The molecule has 0 atom stereocenters. The number of nitrogens with one attached hydrogen (secondary N) is 2. The van der Waals surface area contributed by atoms with E-state index < -0.39 is 0 Å². The summed E-state index contributed by atoms with van der Waals surface area (Å²) >= 11 is 0. The fourth-order valence-electron chi connectivity index (χ4n) is 3.08. The molecule has 156 valence electrons. The Morgan fingerprint density at radius 1 is 1.03 bits per heavy atom. The van der Waals surface area contributed by atoms with E-state index in [0.29, 0.717) is 30.2 Å². The van der Waals surface area contributed by atoms with Crippen LogP contribution in [0.1, 0.15) is 27.4 Å². The maximum absolute atomic E-state index is 12.6. The summed E-state index contributed by atoms with van der Waals surface area (Å²) in [5, 5.41) is 14.7. The van der Waals surface area contributed by atoms with E-state index in [1.165, 1.54) is 6.33 Å².